The van der Waals surface area contributed by atoms with E-state index in [-0.39, 0.29) is 17.5 Å². The Hall–Kier alpha value is -4.43. The molecule has 4 aromatic rings. The van der Waals surface area contributed by atoms with Gasteiger partial charge >= 0.3 is 5.97 Å². The molecule has 0 aliphatic carbocycles. The Balaban J connectivity index is 1.43. The number of nitrogens with one attached hydrogen (secondary N) is 1. The average molecular weight is 613 g/mol. The first-order chi connectivity index (χ1) is 20.4. The first kappa shape index (κ1) is 30.0. The number of pyridine rings is 1. The number of rotatable bonds is 7. The van der Waals surface area contributed by atoms with Crippen LogP contribution >= 0.6 is 0 Å². The van der Waals surface area contributed by atoms with Crippen molar-refractivity contribution in [3.8, 4) is 17.0 Å². The van der Waals surface area contributed by atoms with Crippen molar-refractivity contribution in [1.29, 1.82) is 0 Å². The molecule has 43 heavy (non-hydrogen) atoms. The number of fused-ring (bicyclic) bond motifs is 1. The van der Waals surface area contributed by atoms with Crippen molar-refractivity contribution >= 4 is 38.4 Å². The maximum atomic E-state index is 14.3. The van der Waals surface area contributed by atoms with Crippen molar-refractivity contribution in [2.45, 2.75) is 25.7 Å². The fraction of sp³-hybridized carbons (Fsp3) is 0.310. The quantitative estimate of drug-likeness (QED) is 0.321. The summed E-state index contributed by atoms with van der Waals surface area (Å²) in [6.07, 6.45) is 2.97. The van der Waals surface area contributed by atoms with Crippen LogP contribution in [0, 0.1) is 17.0 Å². The van der Waals surface area contributed by atoms with Crippen LogP contribution in [0.2, 0.25) is 0 Å². The van der Waals surface area contributed by atoms with Crippen molar-refractivity contribution in [1.82, 2.24) is 20.0 Å². The number of benzene rings is 2. The van der Waals surface area contributed by atoms with Crippen molar-refractivity contribution in [3.63, 3.8) is 0 Å². The standard InChI is InChI=1S/C29H30F2N6O5S/c1-29(2,3)28(38)42-37-12-10-36(11-13-37)26-20-14-18(8-9-23(20)33-17-34-26)19-15-24(27(41-4)32-16-19)35-43(39,40)25-21(30)6-5-7-22(25)31/h5-9,14-17,35H,10-13H2,1-4H3. The lowest BCUT2D eigenvalue weighted by atomic mass is 9.98. The Labute approximate surface area is 247 Å². The summed E-state index contributed by atoms with van der Waals surface area (Å²) in [6, 6.07) is 9.71. The van der Waals surface area contributed by atoms with Crippen molar-refractivity contribution in [2.75, 3.05) is 42.9 Å². The Bertz CT molecular complexity index is 1770. The van der Waals surface area contributed by atoms with Crippen LogP contribution in [-0.2, 0) is 19.7 Å². The van der Waals surface area contributed by atoms with Crippen LogP contribution in [0.15, 0.2) is 59.9 Å². The first-order valence-electron chi connectivity index (χ1n) is 13.4. The number of ether oxygens (including phenoxy) is 1. The molecule has 1 aliphatic heterocycles. The zero-order valence-electron chi connectivity index (χ0n) is 24.0. The van der Waals surface area contributed by atoms with Gasteiger partial charge in [-0.15, -0.1) is 5.06 Å². The Morgan fingerprint density at radius 3 is 2.30 bits per heavy atom. The van der Waals surface area contributed by atoms with Crippen molar-refractivity contribution in [2.24, 2.45) is 5.41 Å². The lowest BCUT2D eigenvalue weighted by Gasteiger charge is -2.35. The largest absolute Gasteiger partial charge is 0.480 e. The minimum absolute atomic E-state index is 0.0843. The molecule has 0 bridgehead atoms. The van der Waals surface area contributed by atoms with E-state index in [1.54, 1.807) is 38.0 Å². The molecular formula is C29H30F2N6O5S. The number of methoxy groups -OCH3 is 1. The Morgan fingerprint density at radius 2 is 1.65 bits per heavy atom. The molecule has 2 aromatic carbocycles. The maximum absolute atomic E-state index is 14.3. The number of hydroxylamine groups is 2. The van der Waals surface area contributed by atoms with Crippen LogP contribution in [-0.4, -0.2) is 67.7 Å². The number of sulfonamides is 1. The van der Waals surface area contributed by atoms with Gasteiger partial charge in [0.1, 0.15) is 29.5 Å². The fourth-order valence-corrected chi connectivity index (χ4v) is 5.69. The summed E-state index contributed by atoms with van der Waals surface area (Å²) in [4.78, 5) is 31.9. The third-order valence-corrected chi connectivity index (χ3v) is 8.20. The third-order valence-electron chi connectivity index (χ3n) is 6.79. The molecule has 0 radical (unpaired) electrons. The van der Waals surface area contributed by atoms with Crippen LogP contribution in [0.1, 0.15) is 20.8 Å². The first-order valence-corrected chi connectivity index (χ1v) is 14.8. The number of halogens is 2. The number of nitrogens with zero attached hydrogens (tertiary/aromatic N) is 5. The van der Waals surface area contributed by atoms with Gasteiger partial charge in [-0.05, 0) is 56.7 Å². The Kier molecular flexibility index (Phi) is 8.16. The number of hydrogen-bond acceptors (Lipinski definition) is 10. The van der Waals surface area contributed by atoms with E-state index in [1.807, 2.05) is 6.07 Å². The van der Waals surface area contributed by atoms with E-state index in [0.717, 1.165) is 23.6 Å². The molecule has 1 N–H and O–H groups in total. The molecule has 0 amide bonds. The molecule has 11 nitrogen and oxygen atoms in total. The van der Waals surface area contributed by atoms with Gasteiger partial charge in [0.15, 0.2) is 4.90 Å². The fourth-order valence-electron chi connectivity index (χ4n) is 4.50. The Morgan fingerprint density at radius 1 is 0.953 bits per heavy atom. The smallest absolute Gasteiger partial charge is 0.330 e. The second-order valence-corrected chi connectivity index (χ2v) is 12.5. The van der Waals surface area contributed by atoms with Gasteiger partial charge in [0.05, 0.1) is 31.1 Å². The highest BCUT2D eigenvalue weighted by Gasteiger charge is 2.29. The second-order valence-electron chi connectivity index (χ2n) is 10.9. The van der Waals surface area contributed by atoms with Crippen LogP contribution in [0.4, 0.5) is 20.3 Å². The van der Waals surface area contributed by atoms with Gasteiger partial charge in [0.25, 0.3) is 10.0 Å². The second kappa shape index (κ2) is 11.7. The van der Waals surface area contributed by atoms with Gasteiger partial charge in [0.2, 0.25) is 5.88 Å². The van der Waals surface area contributed by atoms with E-state index in [1.165, 1.54) is 25.7 Å². The average Bonchev–Trinajstić information content (AvgIpc) is 2.96. The SMILES string of the molecule is COc1ncc(-c2ccc3ncnc(N4CCN(OC(=O)C(C)(C)C)CC4)c3c2)cc1NS(=O)(=O)c1c(F)cccc1F. The zero-order valence-corrected chi connectivity index (χ0v) is 24.8. The molecule has 1 saturated heterocycles. The van der Waals surface area contributed by atoms with Gasteiger partial charge in [-0.1, -0.05) is 12.1 Å². The molecule has 0 spiro atoms. The molecule has 226 valence electrons. The van der Waals surface area contributed by atoms with Crippen molar-refractivity contribution in [3.05, 3.63) is 66.6 Å². The maximum Gasteiger partial charge on any atom is 0.330 e. The van der Waals surface area contributed by atoms with Gasteiger partial charge in [-0.25, -0.2) is 36.9 Å². The van der Waals surface area contributed by atoms with Crippen LogP contribution in [0.3, 0.4) is 0 Å². The van der Waals surface area contributed by atoms with Crippen LogP contribution in [0.25, 0.3) is 22.0 Å². The third kappa shape index (κ3) is 6.34. The zero-order chi connectivity index (χ0) is 30.9. The summed E-state index contributed by atoms with van der Waals surface area (Å²) in [5.41, 5.74) is 1.14. The number of hydrogen-bond donors (Lipinski definition) is 1. The number of anilines is 2. The molecule has 1 fully saturated rings. The van der Waals surface area contributed by atoms with E-state index >= 15 is 0 Å². The molecule has 0 atom stereocenters. The van der Waals surface area contributed by atoms with Gasteiger partial charge in [-0.3, -0.25) is 4.72 Å². The van der Waals surface area contributed by atoms with Crippen molar-refractivity contribution < 1.29 is 31.6 Å². The summed E-state index contributed by atoms with van der Waals surface area (Å²) < 4.78 is 61.9. The minimum atomic E-state index is -4.66. The normalized spacial score (nSPS) is 14.5. The highest BCUT2D eigenvalue weighted by molar-refractivity contribution is 7.92. The van der Waals surface area contributed by atoms with Gasteiger partial charge < -0.3 is 14.5 Å². The monoisotopic (exact) mass is 612 g/mol. The van der Waals surface area contributed by atoms with E-state index in [4.69, 9.17) is 9.57 Å². The summed E-state index contributed by atoms with van der Waals surface area (Å²) in [5.74, 6) is -2.16. The number of carbonyl (C=O) groups excluding carboxylic acids is 1. The predicted octanol–water partition coefficient (Wildman–Crippen LogP) is 4.41. The lowest BCUT2D eigenvalue weighted by molar-refractivity contribution is -0.201. The van der Waals surface area contributed by atoms with E-state index in [2.05, 4.69) is 24.6 Å². The summed E-state index contributed by atoms with van der Waals surface area (Å²) >= 11 is 0. The van der Waals surface area contributed by atoms with Crippen LogP contribution < -0.4 is 14.4 Å². The summed E-state index contributed by atoms with van der Waals surface area (Å²) in [7, 11) is -3.37. The van der Waals surface area contributed by atoms with Crippen LogP contribution in [0.5, 0.6) is 5.88 Å². The number of aromatic nitrogens is 3. The van der Waals surface area contributed by atoms with E-state index < -0.39 is 32.0 Å². The summed E-state index contributed by atoms with van der Waals surface area (Å²) in [5, 5.41) is 2.39. The minimum Gasteiger partial charge on any atom is -0.480 e. The molecule has 1 aliphatic rings. The molecule has 0 saturated carbocycles. The molecule has 0 unspecified atom stereocenters. The molecule has 3 heterocycles. The molecule has 14 heteroatoms. The number of carbonyl (C=O) groups is 1. The van der Waals surface area contributed by atoms with E-state index in [9.17, 15) is 22.0 Å². The highest BCUT2D eigenvalue weighted by Crippen LogP contribution is 2.34. The topological polar surface area (TPSA) is 127 Å². The van der Waals surface area contributed by atoms with Gasteiger partial charge in [-0.2, -0.15) is 0 Å². The number of piperazine rings is 1. The predicted molar refractivity (Wildman–Crippen MR) is 156 cm³/mol. The molecule has 2 aromatic heterocycles. The lowest BCUT2D eigenvalue weighted by Crippen LogP contribution is -2.48. The van der Waals surface area contributed by atoms with Gasteiger partial charge in [0, 0.05) is 30.2 Å². The summed E-state index contributed by atoms with van der Waals surface area (Å²) in [6.45, 7) is 7.48. The highest BCUT2D eigenvalue weighted by atomic mass is 32.2. The van der Waals surface area contributed by atoms with E-state index in [0.29, 0.717) is 48.6 Å². The molecular weight excluding hydrogens is 582 g/mol. The molecule has 5 rings (SSSR count).